The molecule has 21 heavy (non-hydrogen) atoms. The van der Waals surface area contributed by atoms with Crippen LogP contribution in [0.5, 0.6) is 0 Å². The summed E-state index contributed by atoms with van der Waals surface area (Å²) in [5, 5.41) is 3.14. The van der Waals surface area contributed by atoms with E-state index in [1.165, 1.54) is 19.1 Å². The quantitative estimate of drug-likeness (QED) is 0.468. The van der Waals surface area contributed by atoms with Gasteiger partial charge in [0.15, 0.2) is 0 Å². The first kappa shape index (κ1) is 15.9. The molecule has 0 unspecified atom stereocenters. The number of ether oxygens (including phenoxy) is 2. The van der Waals surface area contributed by atoms with Crippen molar-refractivity contribution in [2.45, 2.75) is 43.0 Å². The van der Waals surface area contributed by atoms with Gasteiger partial charge in [0.05, 0.1) is 26.3 Å². The van der Waals surface area contributed by atoms with E-state index >= 15 is 0 Å². The van der Waals surface area contributed by atoms with Crippen LogP contribution in [0, 0.1) is 0 Å². The minimum Gasteiger partial charge on any atom is -0.469 e. The molecule has 3 atom stereocenters. The summed E-state index contributed by atoms with van der Waals surface area (Å²) >= 11 is 1.75. The molecule has 0 aromatic rings. The Labute approximate surface area is 127 Å². The highest BCUT2D eigenvalue weighted by Crippen LogP contribution is 2.37. The zero-order valence-electron chi connectivity index (χ0n) is 12.2. The Morgan fingerprint density at radius 1 is 1.33 bits per heavy atom. The van der Waals surface area contributed by atoms with Gasteiger partial charge in [-0.25, -0.2) is 14.5 Å². The summed E-state index contributed by atoms with van der Waals surface area (Å²) in [6, 6.07) is -0.544. The lowest BCUT2D eigenvalue weighted by molar-refractivity contribution is -0.140. The van der Waals surface area contributed by atoms with Crippen molar-refractivity contribution in [1.82, 2.24) is 10.2 Å². The number of nitrogens with zero attached hydrogens (tertiary/aromatic N) is 1. The van der Waals surface area contributed by atoms with Gasteiger partial charge in [-0.2, -0.15) is 11.8 Å². The molecule has 2 fully saturated rings. The molecule has 0 saturated carbocycles. The summed E-state index contributed by atoms with van der Waals surface area (Å²) in [5.74, 6) is 0.526. The normalized spacial score (nSPS) is 27.2. The number of urea groups is 1. The van der Waals surface area contributed by atoms with Gasteiger partial charge in [-0.1, -0.05) is 6.42 Å². The highest BCUT2D eigenvalue weighted by atomic mass is 32.2. The van der Waals surface area contributed by atoms with E-state index in [9.17, 15) is 14.4 Å². The highest BCUT2D eigenvalue weighted by molar-refractivity contribution is 8.00. The summed E-state index contributed by atoms with van der Waals surface area (Å²) in [5.41, 5.74) is 0. The topological polar surface area (TPSA) is 84.9 Å². The van der Waals surface area contributed by atoms with Crippen molar-refractivity contribution >= 4 is 29.9 Å². The number of carbonyl (C=O) groups is 3. The number of rotatable bonds is 5. The number of unbranched alkanes of at least 4 members (excludes halogenated alkanes) is 1. The van der Waals surface area contributed by atoms with Gasteiger partial charge in [0, 0.05) is 17.4 Å². The largest absolute Gasteiger partial charge is 0.469 e. The van der Waals surface area contributed by atoms with Crippen molar-refractivity contribution in [3.63, 3.8) is 0 Å². The Kier molecular flexibility index (Phi) is 5.33. The Hall–Kier alpha value is -1.44. The molecule has 0 aliphatic carbocycles. The van der Waals surface area contributed by atoms with E-state index in [0.717, 1.165) is 25.0 Å². The summed E-state index contributed by atoms with van der Waals surface area (Å²) in [6.07, 6.45) is 2.38. The van der Waals surface area contributed by atoms with E-state index in [4.69, 9.17) is 0 Å². The molecule has 2 heterocycles. The van der Waals surface area contributed by atoms with Gasteiger partial charge in [0.25, 0.3) is 0 Å². The molecule has 3 amide bonds. The van der Waals surface area contributed by atoms with Crippen LogP contribution in [-0.4, -0.2) is 60.3 Å². The van der Waals surface area contributed by atoms with E-state index in [0.29, 0.717) is 6.42 Å². The maximum atomic E-state index is 11.8. The van der Waals surface area contributed by atoms with Crippen LogP contribution < -0.4 is 5.32 Å². The van der Waals surface area contributed by atoms with Crippen molar-refractivity contribution in [2.24, 2.45) is 0 Å². The molecule has 2 aliphatic rings. The number of methoxy groups -OCH3 is 2. The van der Waals surface area contributed by atoms with E-state index in [1.807, 2.05) is 0 Å². The van der Waals surface area contributed by atoms with Gasteiger partial charge in [0.2, 0.25) is 0 Å². The molecule has 118 valence electrons. The fourth-order valence-electron chi connectivity index (χ4n) is 2.76. The first-order valence-corrected chi connectivity index (χ1v) is 7.99. The molecule has 8 heteroatoms. The zero-order valence-corrected chi connectivity index (χ0v) is 13.0. The van der Waals surface area contributed by atoms with Crippen LogP contribution in [0.4, 0.5) is 9.59 Å². The molecule has 0 bridgehead atoms. The fraction of sp³-hybridized carbons (Fsp3) is 0.769. The third kappa shape index (κ3) is 3.42. The number of fused-ring (bicyclic) bond motifs is 1. The molecule has 2 saturated heterocycles. The molecule has 2 rings (SSSR count). The smallest absolute Gasteiger partial charge is 0.418 e. The van der Waals surface area contributed by atoms with Crippen molar-refractivity contribution in [2.75, 3.05) is 20.0 Å². The van der Waals surface area contributed by atoms with E-state index in [-0.39, 0.29) is 29.3 Å². The number of thioether (sulfide) groups is 1. The fourth-order valence-corrected chi connectivity index (χ4v) is 4.35. The number of hydrogen-bond donors (Lipinski definition) is 1. The molecule has 2 aliphatic heterocycles. The Morgan fingerprint density at radius 2 is 2.10 bits per heavy atom. The Bertz CT molecular complexity index is 431. The van der Waals surface area contributed by atoms with Crippen LogP contribution in [0.1, 0.15) is 25.7 Å². The lowest BCUT2D eigenvalue weighted by Gasteiger charge is -2.18. The van der Waals surface area contributed by atoms with E-state index in [2.05, 4.69) is 14.8 Å². The van der Waals surface area contributed by atoms with Crippen LogP contribution in [0.3, 0.4) is 0 Å². The van der Waals surface area contributed by atoms with Crippen molar-refractivity contribution in [3.05, 3.63) is 0 Å². The van der Waals surface area contributed by atoms with Crippen molar-refractivity contribution in [1.29, 1.82) is 0 Å². The van der Waals surface area contributed by atoms with E-state index in [1.54, 1.807) is 11.8 Å². The van der Waals surface area contributed by atoms with Crippen LogP contribution in [0.2, 0.25) is 0 Å². The second-order valence-electron chi connectivity index (χ2n) is 5.08. The van der Waals surface area contributed by atoms with Crippen LogP contribution in [0.25, 0.3) is 0 Å². The summed E-state index contributed by atoms with van der Waals surface area (Å²) in [6.45, 7) is 0. The minimum atomic E-state index is -0.605. The van der Waals surface area contributed by atoms with Gasteiger partial charge in [0.1, 0.15) is 0 Å². The third-order valence-electron chi connectivity index (χ3n) is 3.86. The number of nitrogens with one attached hydrogen (secondary N) is 1. The minimum absolute atomic E-state index is 0.0280. The summed E-state index contributed by atoms with van der Waals surface area (Å²) in [4.78, 5) is 35.7. The van der Waals surface area contributed by atoms with E-state index < -0.39 is 6.09 Å². The molecule has 0 aromatic heterocycles. The lowest BCUT2D eigenvalue weighted by Crippen LogP contribution is -2.41. The Morgan fingerprint density at radius 3 is 2.76 bits per heavy atom. The van der Waals surface area contributed by atoms with Crippen molar-refractivity contribution < 1.29 is 23.9 Å². The number of hydrogen-bond acceptors (Lipinski definition) is 6. The predicted octanol–water partition coefficient (Wildman–Crippen LogP) is 1.36. The monoisotopic (exact) mass is 316 g/mol. The molecule has 0 radical (unpaired) electrons. The van der Waals surface area contributed by atoms with Crippen LogP contribution >= 0.6 is 11.8 Å². The first-order chi connectivity index (χ1) is 10.1. The maximum Gasteiger partial charge on any atom is 0.418 e. The zero-order chi connectivity index (χ0) is 15.4. The second kappa shape index (κ2) is 7.02. The molecule has 0 spiro atoms. The number of amides is 3. The molecule has 1 N–H and O–H groups in total. The average Bonchev–Trinajstić information content (AvgIpc) is 3.00. The van der Waals surface area contributed by atoms with Gasteiger partial charge in [-0.15, -0.1) is 0 Å². The molecular weight excluding hydrogens is 296 g/mol. The average molecular weight is 316 g/mol. The van der Waals surface area contributed by atoms with Crippen LogP contribution in [-0.2, 0) is 14.3 Å². The first-order valence-electron chi connectivity index (χ1n) is 6.94. The van der Waals surface area contributed by atoms with Crippen LogP contribution in [0.15, 0.2) is 0 Å². The number of esters is 1. The number of carbonyl (C=O) groups excluding carboxylic acids is 3. The third-order valence-corrected chi connectivity index (χ3v) is 5.35. The molecule has 0 aromatic carbocycles. The van der Waals surface area contributed by atoms with Gasteiger partial charge in [-0.3, -0.25) is 4.79 Å². The predicted molar refractivity (Wildman–Crippen MR) is 77.1 cm³/mol. The standard InChI is InChI=1S/C13H20N2O5S/c1-19-10(16)6-4-3-5-9-11-8(7-21-9)15(12(17)14-11)13(18)20-2/h8-9,11H,3-7H2,1-2H3,(H,14,17)/t8-,9-,11-/m0/s1. The van der Waals surface area contributed by atoms with Gasteiger partial charge >= 0.3 is 18.1 Å². The lowest BCUT2D eigenvalue weighted by atomic mass is 10.0. The Balaban J connectivity index is 1.82. The van der Waals surface area contributed by atoms with Gasteiger partial charge < -0.3 is 14.8 Å². The summed E-state index contributed by atoms with van der Waals surface area (Å²) in [7, 11) is 2.66. The van der Waals surface area contributed by atoms with Crippen molar-refractivity contribution in [3.8, 4) is 0 Å². The molecular formula is C13H20N2O5S. The summed E-state index contributed by atoms with van der Waals surface area (Å²) < 4.78 is 9.25. The maximum absolute atomic E-state index is 11.8. The second-order valence-corrected chi connectivity index (χ2v) is 6.35. The highest BCUT2D eigenvalue weighted by Gasteiger charge is 2.50. The number of imide groups is 1. The SMILES string of the molecule is COC(=O)CCCC[C@@H]1SC[C@H]2[C@@H]1NC(=O)N2C(=O)OC. The van der Waals surface area contributed by atoms with Gasteiger partial charge in [-0.05, 0) is 12.8 Å². The molecule has 7 nitrogen and oxygen atoms in total.